The summed E-state index contributed by atoms with van der Waals surface area (Å²) in [5.41, 5.74) is 0. The lowest BCUT2D eigenvalue weighted by atomic mass is 9.52. The van der Waals surface area contributed by atoms with Crippen molar-refractivity contribution in [2.75, 3.05) is 0 Å². The maximum absolute atomic E-state index is 10.6. The summed E-state index contributed by atoms with van der Waals surface area (Å²) in [4.78, 5) is 10.6. The van der Waals surface area contributed by atoms with Crippen LogP contribution in [0.25, 0.3) is 0 Å². The summed E-state index contributed by atoms with van der Waals surface area (Å²) in [7, 11) is 0. The average molecular weight is 276 g/mol. The molecule has 4 aliphatic carbocycles. The van der Waals surface area contributed by atoms with Crippen molar-refractivity contribution in [2.24, 2.45) is 23.7 Å². The lowest BCUT2D eigenvalue weighted by Crippen LogP contribution is -2.43. The molecule has 0 aliphatic heterocycles. The highest BCUT2D eigenvalue weighted by Gasteiger charge is 2.50. The summed E-state index contributed by atoms with van der Waals surface area (Å²) in [6.45, 7) is 0. The largest absolute Gasteiger partial charge is 0.481 e. The van der Waals surface area contributed by atoms with Gasteiger partial charge in [0.25, 0.3) is 0 Å². The van der Waals surface area contributed by atoms with Crippen LogP contribution < -0.4 is 0 Å². The molecule has 5 rings (SSSR count). The summed E-state index contributed by atoms with van der Waals surface area (Å²) >= 11 is 0. The predicted octanol–water partition coefficient (Wildman–Crippen LogP) is 2.63. The van der Waals surface area contributed by atoms with Gasteiger partial charge in [-0.3, -0.25) is 4.79 Å². The Labute approximate surface area is 117 Å². The van der Waals surface area contributed by atoms with E-state index in [9.17, 15) is 4.79 Å². The van der Waals surface area contributed by atoms with Gasteiger partial charge in [0.2, 0.25) is 11.8 Å². The molecule has 0 aromatic carbocycles. The first kappa shape index (κ1) is 12.4. The number of carbonyl (C=O) groups is 1. The molecule has 5 heteroatoms. The molecule has 4 bridgehead atoms. The van der Waals surface area contributed by atoms with Crippen LogP contribution in [0.2, 0.25) is 0 Å². The first-order chi connectivity index (χ1) is 9.69. The molecule has 20 heavy (non-hydrogen) atoms. The number of hydrogen-bond donors (Lipinski definition) is 1. The van der Waals surface area contributed by atoms with E-state index in [2.05, 4.69) is 10.2 Å². The minimum atomic E-state index is -0.820. The zero-order valence-corrected chi connectivity index (χ0v) is 11.5. The van der Waals surface area contributed by atoms with Gasteiger partial charge in [-0.05, 0) is 55.8 Å². The number of aryl methyl sites for hydroxylation is 1. The van der Waals surface area contributed by atoms with Crippen LogP contribution in [0.5, 0.6) is 0 Å². The molecular weight excluding hydrogens is 256 g/mol. The smallest absolute Gasteiger partial charge is 0.303 e. The molecule has 0 saturated heterocycles. The third-order valence-corrected chi connectivity index (χ3v) is 5.55. The van der Waals surface area contributed by atoms with Crippen LogP contribution in [-0.2, 0) is 11.2 Å². The number of nitrogens with zero attached hydrogens (tertiary/aromatic N) is 2. The van der Waals surface area contributed by atoms with Crippen LogP contribution in [0.3, 0.4) is 0 Å². The molecule has 4 aliphatic rings. The van der Waals surface area contributed by atoms with E-state index in [4.69, 9.17) is 9.52 Å². The third kappa shape index (κ3) is 2.03. The van der Waals surface area contributed by atoms with E-state index in [0.29, 0.717) is 18.2 Å². The topological polar surface area (TPSA) is 76.2 Å². The van der Waals surface area contributed by atoms with Crippen molar-refractivity contribution in [3.8, 4) is 0 Å². The monoisotopic (exact) mass is 276 g/mol. The van der Waals surface area contributed by atoms with E-state index >= 15 is 0 Å². The lowest BCUT2D eigenvalue weighted by molar-refractivity contribution is -0.137. The summed E-state index contributed by atoms with van der Waals surface area (Å²) in [5.74, 6) is 4.19. The number of aliphatic carboxylic acids is 1. The van der Waals surface area contributed by atoms with Gasteiger partial charge in [-0.2, -0.15) is 0 Å². The third-order valence-electron chi connectivity index (χ3n) is 5.55. The first-order valence-electron chi connectivity index (χ1n) is 7.73. The van der Waals surface area contributed by atoms with E-state index in [1.165, 1.54) is 32.1 Å². The minimum Gasteiger partial charge on any atom is -0.481 e. The lowest BCUT2D eigenvalue weighted by Gasteiger charge is -2.53. The molecule has 0 radical (unpaired) electrons. The fraction of sp³-hybridized carbons (Fsp3) is 0.800. The van der Waals surface area contributed by atoms with Crippen LogP contribution in [0.4, 0.5) is 0 Å². The zero-order valence-electron chi connectivity index (χ0n) is 11.5. The second-order valence-corrected chi connectivity index (χ2v) is 6.88. The fourth-order valence-corrected chi connectivity index (χ4v) is 5.04. The highest BCUT2D eigenvalue weighted by molar-refractivity contribution is 5.66. The molecule has 0 spiro atoms. The Kier molecular flexibility index (Phi) is 2.82. The Bertz CT molecular complexity index is 497. The average Bonchev–Trinajstić information content (AvgIpc) is 2.83. The molecule has 0 atom stereocenters. The Morgan fingerprint density at radius 1 is 1.10 bits per heavy atom. The highest BCUT2D eigenvalue weighted by Crippen LogP contribution is 2.59. The van der Waals surface area contributed by atoms with Gasteiger partial charge >= 0.3 is 5.97 Å². The summed E-state index contributed by atoms with van der Waals surface area (Å²) in [5, 5.41) is 17.0. The van der Waals surface area contributed by atoms with Gasteiger partial charge in [-0.1, -0.05) is 0 Å². The molecule has 4 fully saturated rings. The molecule has 1 aromatic heterocycles. The van der Waals surface area contributed by atoms with Crippen molar-refractivity contribution >= 4 is 5.97 Å². The van der Waals surface area contributed by atoms with Crippen molar-refractivity contribution < 1.29 is 14.3 Å². The highest BCUT2D eigenvalue weighted by atomic mass is 16.4. The quantitative estimate of drug-likeness (QED) is 0.914. The Balaban J connectivity index is 1.51. The van der Waals surface area contributed by atoms with Crippen molar-refractivity contribution in [1.82, 2.24) is 10.2 Å². The predicted molar refractivity (Wildman–Crippen MR) is 70.0 cm³/mol. The van der Waals surface area contributed by atoms with Crippen LogP contribution >= 0.6 is 0 Å². The molecule has 0 amide bonds. The normalized spacial score (nSPS) is 38.3. The zero-order chi connectivity index (χ0) is 13.7. The van der Waals surface area contributed by atoms with Crippen LogP contribution in [-0.4, -0.2) is 21.3 Å². The fourth-order valence-electron chi connectivity index (χ4n) is 5.04. The maximum Gasteiger partial charge on any atom is 0.303 e. The molecule has 1 N–H and O–H groups in total. The van der Waals surface area contributed by atoms with E-state index in [-0.39, 0.29) is 6.42 Å². The molecule has 1 aromatic rings. The number of aromatic nitrogens is 2. The number of carboxylic acid groups (broad SMARTS) is 1. The second kappa shape index (κ2) is 4.57. The first-order valence-corrected chi connectivity index (χ1v) is 7.73. The number of carboxylic acids is 1. The Morgan fingerprint density at radius 2 is 1.75 bits per heavy atom. The van der Waals surface area contributed by atoms with Crippen LogP contribution in [0.1, 0.15) is 56.2 Å². The summed E-state index contributed by atoms with van der Waals surface area (Å²) in [6.07, 6.45) is 7.14. The maximum atomic E-state index is 10.6. The van der Waals surface area contributed by atoms with Gasteiger partial charge in [-0.15, -0.1) is 10.2 Å². The van der Waals surface area contributed by atoms with Gasteiger partial charge < -0.3 is 9.52 Å². The van der Waals surface area contributed by atoms with Crippen LogP contribution in [0.15, 0.2) is 4.42 Å². The summed E-state index contributed by atoms with van der Waals surface area (Å²) in [6, 6.07) is 0. The molecule has 5 nitrogen and oxygen atoms in total. The molecule has 108 valence electrons. The van der Waals surface area contributed by atoms with Gasteiger partial charge in [0.1, 0.15) is 0 Å². The molecule has 1 heterocycles. The van der Waals surface area contributed by atoms with Gasteiger partial charge in [0.15, 0.2) is 0 Å². The van der Waals surface area contributed by atoms with Crippen molar-refractivity contribution in [3.63, 3.8) is 0 Å². The van der Waals surface area contributed by atoms with E-state index in [0.717, 1.165) is 29.6 Å². The molecular formula is C15H20N2O3. The number of rotatable bonds is 4. The SMILES string of the molecule is O=C(O)CCc1nnc(C2C3CC4CC(C3)CC2C4)o1. The number of hydrogen-bond acceptors (Lipinski definition) is 4. The van der Waals surface area contributed by atoms with Crippen molar-refractivity contribution in [1.29, 1.82) is 0 Å². The molecule has 0 unspecified atom stereocenters. The van der Waals surface area contributed by atoms with Gasteiger partial charge in [0, 0.05) is 12.3 Å². The van der Waals surface area contributed by atoms with E-state index in [1.807, 2.05) is 0 Å². The van der Waals surface area contributed by atoms with Crippen LogP contribution in [0, 0.1) is 23.7 Å². The molecule has 4 saturated carbocycles. The second-order valence-electron chi connectivity index (χ2n) is 6.88. The Hall–Kier alpha value is -1.39. The van der Waals surface area contributed by atoms with Crippen molar-refractivity contribution in [3.05, 3.63) is 11.8 Å². The van der Waals surface area contributed by atoms with E-state index in [1.54, 1.807) is 0 Å². The van der Waals surface area contributed by atoms with Gasteiger partial charge in [-0.25, -0.2) is 0 Å². The minimum absolute atomic E-state index is 0.0588. The standard InChI is InChI=1S/C15H20N2O3/c18-13(19)2-1-12-16-17-15(20-12)14-10-4-8-3-9(6-10)7-11(14)5-8/h8-11,14H,1-7H2,(H,18,19). The van der Waals surface area contributed by atoms with Crippen molar-refractivity contribution in [2.45, 2.75) is 50.9 Å². The van der Waals surface area contributed by atoms with Gasteiger partial charge in [0.05, 0.1) is 6.42 Å². The Morgan fingerprint density at radius 3 is 2.35 bits per heavy atom. The summed E-state index contributed by atoms with van der Waals surface area (Å²) < 4.78 is 5.77. The van der Waals surface area contributed by atoms with E-state index < -0.39 is 5.97 Å².